The predicted octanol–water partition coefficient (Wildman–Crippen LogP) is 3.02. The van der Waals surface area contributed by atoms with Crippen LogP contribution in [0.4, 0.5) is 18.9 Å². The van der Waals surface area contributed by atoms with Gasteiger partial charge in [0.1, 0.15) is 0 Å². The van der Waals surface area contributed by atoms with Crippen LogP contribution in [0.2, 0.25) is 0 Å². The maximum absolute atomic E-state index is 12.8. The number of carboxylic acids is 1. The molecule has 0 saturated heterocycles. The van der Waals surface area contributed by atoms with Gasteiger partial charge in [-0.3, -0.25) is 0 Å². The fourth-order valence-corrected chi connectivity index (χ4v) is 2.23. The summed E-state index contributed by atoms with van der Waals surface area (Å²) in [5.74, 6) is -1.58. The van der Waals surface area contributed by atoms with Crippen molar-refractivity contribution >= 4 is 11.7 Å². The molecule has 1 aliphatic carbocycles. The standard InChI is InChI=1S/C14H16F3NO3/c1-21-7-6-18(9-2-3-9)10-4-5-12(14(15,16)17)11(8-10)13(19)20/h4-5,8-9H,2-3,6-7H2,1H3,(H,19,20). The van der Waals surface area contributed by atoms with Gasteiger partial charge in [0.25, 0.3) is 0 Å². The van der Waals surface area contributed by atoms with Crippen molar-refractivity contribution in [2.45, 2.75) is 25.1 Å². The summed E-state index contributed by atoms with van der Waals surface area (Å²) in [7, 11) is 1.54. The van der Waals surface area contributed by atoms with E-state index in [0.717, 1.165) is 25.0 Å². The highest BCUT2D eigenvalue weighted by Gasteiger charge is 2.36. The summed E-state index contributed by atoms with van der Waals surface area (Å²) in [6.45, 7) is 0.950. The average Bonchev–Trinajstić information content (AvgIpc) is 3.22. The lowest BCUT2D eigenvalue weighted by atomic mass is 10.1. The highest BCUT2D eigenvalue weighted by atomic mass is 19.4. The molecule has 0 amide bonds. The molecule has 1 N–H and O–H groups in total. The SMILES string of the molecule is COCCN(c1ccc(C(F)(F)F)c(C(=O)O)c1)C1CC1. The van der Waals surface area contributed by atoms with Gasteiger partial charge in [0.2, 0.25) is 0 Å². The van der Waals surface area contributed by atoms with Crippen molar-refractivity contribution in [2.75, 3.05) is 25.2 Å². The molecule has 0 radical (unpaired) electrons. The fraction of sp³-hybridized carbons (Fsp3) is 0.500. The topological polar surface area (TPSA) is 49.8 Å². The summed E-state index contributed by atoms with van der Waals surface area (Å²) in [5, 5.41) is 9.02. The smallest absolute Gasteiger partial charge is 0.417 e. The van der Waals surface area contributed by atoms with E-state index in [2.05, 4.69) is 0 Å². The van der Waals surface area contributed by atoms with E-state index in [1.54, 1.807) is 7.11 Å². The number of halogens is 3. The van der Waals surface area contributed by atoms with Crippen molar-refractivity contribution in [3.63, 3.8) is 0 Å². The van der Waals surface area contributed by atoms with Gasteiger partial charge in [0, 0.05) is 25.4 Å². The third-order valence-electron chi connectivity index (χ3n) is 3.39. The van der Waals surface area contributed by atoms with E-state index in [-0.39, 0.29) is 6.04 Å². The first-order valence-electron chi connectivity index (χ1n) is 6.54. The van der Waals surface area contributed by atoms with Gasteiger partial charge in [-0.1, -0.05) is 0 Å². The molecule has 7 heteroatoms. The molecule has 0 aliphatic heterocycles. The second-order valence-electron chi connectivity index (χ2n) is 4.95. The van der Waals surface area contributed by atoms with Crippen LogP contribution in [0.15, 0.2) is 18.2 Å². The van der Waals surface area contributed by atoms with Gasteiger partial charge < -0.3 is 14.7 Å². The molecule has 0 heterocycles. The fourth-order valence-electron chi connectivity index (χ4n) is 2.23. The molecule has 116 valence electrons. The lowest BCUT2D eigenvalue weighted by molar-refractivity contribution is -0.138. The number of rotatable bonds is 6. The Morgan fingerprint density at radius 3 is 2.57 bits per heavy atom. The van der Waals surface area contributed by atoms with E-state index in [1.165, 1.54) is 6.07 Å². The van der Waals surface area contributed by atoms with Gasteiger partial charge in [0.15, 0.2) is 0 Å². The molecule has 1 aliphatic rings. The quantitative estimate of drug-likeness (QED) is 0.877. The monoisotopic (exact) mass is 303 g/mol. The Kier molecular flexibility index (Phi) is 4.41. The minimum atomic E-state index is -4.68. The third kappa shape index (κ3) is 3.66. The number of hydrogen-bond donors (Lipinski definition) is 1. The number of alkyl halides is 3. The second-order valence-corrected chi connectivity index (χ2v) is 4.95. The summed E-state index contributed by atoms with van der Waals surface area (Å²) in [5.41, 5.74) is -1.36. The number of nitrogens with zero attached hydrogens (tertiary/aromatic N) is 1. The van der Waals surface area contributed by atoms with Crippen molar-refractivity contribution < 1.29 is 27.8 Å². The number of carbonyl (C=O) groups is 1. The largest absolute Gasteiger partial charge is 0.478 e. The van der Waals surface area contributed by atoms with Crippen LogP contribution in [0.3, 0.4) is 0 Å². The van der Waals surface area contributed by atoms with Gasteiger partial charge >= 0.3 is 12.1 Å². The molecule has 2 rings (SSSR count). The van der Waals surface area contributed by atoms with Gasteiger partial charge in [-0.05, 0) is 31.0 Å². The molecule has 21 heavy (non-hydrogen) atoms. The van der Waals surface area contributed by atoms with Crippen molar-refractivity contribution in [2.24, 2.45) is 0 Å². The molecule has 1 fully saturated rings. The highest BCUT2D eigenvalue weighted by Crippen LogP contribution is 2.36. The van der Waals surface area contributed by atoms with Crippen LogP contribution >= 0.6 is 0 Å². The molecule has 1 aromatic carbocycles. The average molecular weight is 303 g/mol. The van der Waals surface area contributed by atoms with Crippen molar-refractivity contribution in [1.29, 1.82) is 0 Å². The summed E-state index contributed by atoms with van der Waals surface area (Å²) in [4.78, 5) is 13.0. The van der Waals surface area contributed by atoms with E-state index < -0.39 is 23.3 Å². The van der Waals surface area contributed by atoms with Crippen molar-refractivity contribution in [3.8, 4) is 0 Å². The molecule has 0 spiro atoms. The Hall–Kier alpha value is -1.76. The van der Waals surface area contributed by atoms with Gasteiger partial charge in [-0.2, -0.15) is 13.2 Å². The van der Waals surface area contributed by atoms with E-state index in [0.29, 0.717) is 18.8 Å². The third-order valence-corrected chi connectivity index (χ3v) is 3.39. The molecule has 0 atom stereocenters. The number of carboxylic acid groups (broad SMARTS) is 1. The minimum absolute atomic E-state index is 0.249. The Morgan fingerprint density at radius 1 is 1.43 bits per heavy atom. The number of ether oxygens (including phenoxy) is 1. The molecule has 0 aromatic heterocycles. The number of hydrogen-bond acceptors (Lipinski definition) is 3. The Balaban J connectivity index is 2.36. The Labute approximate surface area is 120 Å². The maximum atomic E-state index is 12.8. The van der Waals surface area contributed by atoms with Gasteiger partial charge in [-0.15, -0.1) is 0 Å². The molecule has 1 aromatic rings. The van der Waals surface area contributed by atoms with Crippen LogP contribution < -0.4 is 4.90 Å². The van der Waals surface area contributed by atoms with E-state index in [9.17, 15) is 18.0 Å². The zero-order valence-corrected chi connectivity index (χ0v) is 11.5. The van der Waals surface area contributed by atoms with Crippen molar-refractivity contribution in [3.05, 3.63) is 29.3 Å². The maximum Gasteiger partial charge on any atom is 0.417 e. The van der Waals surface area contributed by atoms with Crippen LogP contribution in [-0.2, 0) is 10.9 Å². The summed E-state index contributed by atoms with van der Waals surface area (Å²) >= 11 is 0. The number of methoxy groups -OCH3 is 1. The number of anilines is 1. The molecule has 4 nitrogen and oxygen atoms in total. The normalized spacial score (nSPS) is 15.0. The predicted molar refractivity (Wildman–Crippen MR) is 70.6 cm³/mol. The second kappa shape index (κ2) is 5.93. The molecule has 0 unspecified atom stereocenters. The van der Waals surface area contributed by atoms with E-state index in [4.69, 9.17) is 9.84 Å². The van der Waals surface area contributed by atoms with Gasteiger partial charge in [-0.25, -0.2) is 4.79 Å². The highest BCUT2D eigenvalue weighted by molar-refractivity contribution is 5.91. The summed E-state index contributed by atoms with van der Waals surface area (Å²) < 4.78 is 43.4. The van der Waals surface area contributed by atoms with E-state index >= 15 is 0 Å². The summed E-state index contributed by atoms with van der Waals surface area (Å²) in [6.07, 6.45) is -2.77. The first kappa shape index (κ1) is 15.6. The zero-order chi connectivity index (χ0) is 15.6. The Morgan fingerprint density at radius 2 is 2.10 bits per heavy atom. The van der Waals surface area contributed by atoms with Crippen molar-refractivity contribution in [1.82, 2.24) is 0 Å². The minimum Gasteiger partial charge on any atom is -0.478 e. The number of aromatic carboxylic acids is 1. The lowest BCUT2D eigenvalue weighted by Crippen LogP contribution is -2.29. The molecule has 1 saturated carbocycles. The summed E-state index contributed by atoms with van der Waals surface area (Å²) in [6, 6.07) is 3.50. The molecular weight excluding hydrogens is 287 g/mol. The lowest BCUT2D eigenvalue weighted by Gasteiger charge is -2.25. The molecule has 0 bridgehead atoms. The first-order chi connectivity index (χ1) is 9.84. The first-order valence-corrected chi connectivity index (χ1v) is 6.54. The van der Waals surface area contributed by atoms with E-state index in [1.807, 2.05) is 4.90 Å². The van der Waals surface area contributed by atoms with Crippen LogP contribution in [0.25, 0.3) is 0 Å². The Bertz CT molecular complexity index is 527. The number of benzene rings is 1. The van der Waals surface area contributed by atoms with Crippen LogP contribution in [0.5, 0.6) is 0 Å². The van der Waals surface area contributed by atoms with Gasteiger partial charge in [0.05, 0.1) is 17.7 Å². The van der Waals surface area contributed by atoms with Crippen LogP contribution in [0, 0.1) is 0 Å². The molecular formula is C14H16F3NO3. The van der Waals surface area contributed by atoms with Crippen LogP contribution in [0.1, 0.15) is 28.8 Å². The van der Waals surface area contributed by atoms with Crippen LogP contribution in [-0.4, -0.2) is 37.4 Å². The zero-order valence-electron chi connectivity index (χ0n) is 11.5.